The van der Waals surface area contributed by atoms with Crippen LogP contribution in [0.4, 0.5) is 0 Å². The first-order valence-electron chi connectivity index (χ1n) is 11.2. The van der Waals surface area contributed by atoms with Gasteiger partial charge in [-0.2, -0.15) is 0 Å². The number of ether oxygens (including phenoxy) is 1. The maximum absolute atomic E-state index is 11.3. The Balaban J connectivity index is 3.28. The minimum atomic E-state index is -1.14. The molecule has 0 rings (SSSR count). The van der Waals surface area contributed by atoms with E-state index in [-0.39, 0.29) is 6.10 Å². The normalized spacial score (nSPS) is 12.4. The van der Waals surface area contributed by atoms with E-state index in [1.165, 1.54) is 89.9 Å². The van der Waals surface area contributed by atoms with Gasteiger partial charge in [-0.3, -0.25) is 0 Å². The Morgan fingerprint density at radius 2 is 1.15 bits per heavy atom. The number of unbranched alkanes of at least 4 members (excludes halogenated alkanes) is 14. The predicted octanol–water partition coefficient (Wildman–Crippen LogP) is 6.82. The first kappa shape index (κ1) is 25.7. The van der Waals surface area contributed by atoms with E-state index in [1.54, 1.807) is 0 Å². The summed E-state index contributed by atoms with van der Waals surface area (Å²) in [6.45, 7) is 4.12. The average molecular weight is 383 g/mol. The first-order chi connectivity index (χ1) is 13.1. The molecule has 0 saturated heterocycles. The van der Waals surface area contributed by atoms with Gasteiger partial charge in [0.25, 0.3) is 0 Å². The van der Waals surface area contributed by atoms with Crippen molar-refractivity contribution in [1.82, 2.24) is 0 Å². The summed E-state index contributed by atoms with van der Waals surface area (Å²) in [5.41, 5.74) is 0. The van der Waals surface area contributed by atoms with E-state index in [0.29, 0.717) is 0 Å². The van der Waals surface area contributed by atoms with Gasteiger partial charge in [0, 0.05) is 12.2 Å². The lowest BCUT2D eigenvalue weighted by Gasteiger charge is -2.11. The van der Waals surface area contributed by atoms with Crippen LogP contribution in [0.1, 0.15) is 117 Å². The van der Waals surface area contributed by atoms with Gasteiger partial charge in [0.1, 0.15) is 0 Å². The van der Waals surface area contributed by atoms with E-state index < -0.39 is 11.9 Å². The van der Waals surface area contributed by atoms with Crippen LogP contribution in [0.15, 0.2) is 12.2 Å². The third kappa shape index (κ3) is 20.8. The maximum atomic E-state index is 11.3. The number of esters is 1. The second-order valence-corrected chi connectivity index (χ2v) is 7.66. The van der Waals surface area contributed by atoms with E-state index in [9.17, 15) is 9.59 Å². The molecule has 0 spiro atoms. The summed E-state index contributed by atoms with van der Waals surface area (Å²) in [6.07, 6.45) is 22.5. The van der Waals surface area contributed by atoms with Crippen molar-refractivity contribution in [3.05, 3.63) is 12.2 Å². The predicted molar refractivity (Wildman–Crippen MR) is 112 cm³/mol. The molecule has 27 heavy (non-hydrogen) atoms. The molecule has 0 amide bonds. The smallest absolute Gasteiger partial charge is 0.331 e. The van der Waals surface area contributed by atoms with Crippen molar-refractivity contribution in [2.45, 2.75) is 123 Å². The summed E-state index contributed by atoms with van der Waals surface area (Å²) in [6, 6.07) is 0. The van der Waals surface area contributed by atoms with Gasteiger partial charge in [0.15, 0.2) is 0 Å². The van der Waals surface area contributed by atoms with Gasteiger partial charge < -0.3 is 9.84 Å². The van der Waals surface area contributed by atoms with Gasteiger partial charge in [0.2, 0.25) is 0 Å². The summed E-state index contributed by atoms with van der Waals surface area (Å²) >= 11 is 0. The van der Waals surface area contributed by atoms with Crippen LogP contribution < -0.4 is 0 Å². The third-order valence-electron chi connectivity index (χ3n) is 4.89. The van der Waals surface area contributed by atoms with Crippen molar-refractivity contribution in [1.29, 1.82) is 0 Å². The fourth-order valence-corrected chi connectivity index (χ4v) is 3.24. The van der Waals surface area contributed by atoms with E-state index in [4.69, 9.17) is 9.84 Å². The second kappa shape index (κ2) is 19.4. The van der Waals surface area contributed by atoms with Gasteiger partial charge in [-0.15, -0.1) is 0 Å². The van der Waals surface area contributed by atoms with Crippen LogP contribution in [0, 0.1) is 0 Å². The van der Waals surface area contributed by atoms with E-state index in [0.717, 1.165) is 25.0 Å². The lowest BCUT2D eigenvalue weighted by molar-refractivity contribution is -0.143. The lowest BCUT2D eigenvalue weighted by Crippen LogP contribution is -2.13. The number of hydrogen-bond acceptors (Lipinski definition) is 3. The van der Waals surface area contributed by atoms with Crippen LogP contribution in [0.25, 0.3) is 0 Å². The highest BCUT2D eigenvalue weighted by atomic mass is 16.5. The van der Waals surface area contributed by atoms with Gasteiger partial charge in [-0.1, -0.05) is 96.8 Å². The SMILES string of the molecule is CCCCCCCCCCCCCCCCCC(C)OC(=O)/C=C/C(=O)O. The first-order valence-corrected chi connectivity index (χ1v) is 11.2. The fraction of sp³-hybridized carbons (Fsp3) is 0.826. The monoisotopic (exact) mass is 382 g/mol. The van der Waals surface area contributed by atoms with Crippen LogP contribution in [0.2, 0.25) is 0 Å². The summed E-state index contributed by atoms with van der Waals surface area (Å²) in [5, 5.41) is 8.45. The molecule has 0 aliphatic rings. The molecule has 0 heterocycles. The highest BCUT2D eigenvalue weighted by molar-refractivity contribution is 5.90. The largest absolute Gasteiger partial charge is 0.478 e. The zero-order valence-corrected chi connectivity index (χ0v) is 17.7. The van der Waals surface area contributed by atoms with Gasteiger partial charge in [-0.05, 0) is 19.8 Å². The molecule has 1 N–H and O–H groups in total. The molecule has 0 radical (unpaired) electrons. The Hall–Kier alpha value is -1.32. The van der Waals surface area contributed by atoms with Crippen LogP contribution >= 0.6 is 0 Å². The molecular weight excluding hydrogens is 340 g/mol. The molecule has 158 valence electrons. The summed E-state index contributed by atoms with van der Waals surface area (Å²) in [7, 11) is 0. The number of aliphatic carboxylic acids is 1. The summed E-state index contributed by atoms with van der Waals surface area (Å²) in [4.78, 5) is 21.7. The molecule has 1 unspecified atom stereocenters. The topological polar surface area (TPSA) is 63.6 Å². The summed E-state index contributed by atoms with van der Waals surface area (Å²) in [5.74, 6) is -1.71. The van der Waals surface area contributed by atoms with Crippen molar-refractivity contribution in [2.24, 2.45) is 0 Å². The van der Waals surface area contributed by atoms with Crippen molar-refractivity contribution >= 4 is 11.9 Å². The van der Waals surface area contributed by atoms with Crippen LogP contribution in [-0.2, 0) is 14.3 Å². The summed E-state index contributed by atoms with van der Waals surface area (Å²) < 4.78 is 5.13. The molecule has 0 fully saturated rings. The molecule has 0 saturated carbocycles. The molecule has 1 atom stereocenters. The second-order valence-electron chi connectivity index (χ2n) is 7.66. The molecule has 4 nitrogen and oxygen atoms in total. The van der Waals surface area contributed by atoms with Crippen molar-refractivity contribution in [2.75, 3.05) is 0 Å². The quantitative estimate of drug-likeness (QED) is 0.151. The highest BCUT2D eigenvalue weighted by Gasteiger charge is 2.06. The molecule has 4 heteroatoms. The van der Waals surface area contributed by atoms with Gasteiger partial charge in [0.05, 0.1) is 6.10 Å². The molecule has 0 aliphatic carbocycles. The minimum Gasteiger partial charge on any atom is -0.478 e. The lowest BCUT2D eigenvalue weighted by atomic mass is 10.0. The third-order valence-corrected chi connectivity index (χ3v) is 4.89. The van der Waals surface area contributed by atoms with Gasteiger partial charge in [-0.25, -0.2) is 9.59 Å². The maximum Gasteiger partial charge on any atom is 0.331 e. The minimum absolute atomic E-state index is 0.155. The number of carboxylic acid groups (broad SMARTS) is 1. The van der Waals surface area contributed by atoms with Crippen molar-refractivity contribution < 1.29 is 19.4 Å². The number of hydrogen-bond donors (Lipinski definition) is 1. The Bertz CT molecular complexity index is 390. The van der Waals surface area contributed by atoms with E-state index in [2.05, 4.69) is 6.92 Å². The standard InChI is InChI=1S/C23H42O4/c1-3-4-5-6-7-8-9-10-11-12-13-14-15-16-17-18-21(2)27-23(26)20-19-22(24)25/h19-21H,3-18H2,1-2H3,(H,24,25)/b20-19+. The molecule has 0 aromatic rings. The van der Waals surface area contributed by atoms with E-state index in [1.807, 2.05) is 6.92 Å². The fourth-order valence-electron chi connectivity index (χ4n) is 3.24. The Morgan fingerprint density at radius 3 is 1.56 bits per heavy atom. The zero-order chi connectivity index (χ0) is 20.2. The van der Waals surface area contributed by atoms with Gasteiger partial charge >= 0.3 is 11.9 Å². The average Bonchev–Trinajstić information content (AvgIpc) is 2.63. The van der Waals surface area contributed by atoms with Crippen LogP contribution in [-0.4, -0.2) is 23.1 Å². The molecule has 0 aromatic heterocycles. The number of carbonyl (C=O) groups is 2. The molecule has 0 aromatic carbocycles. The molecular formula is C23H42O4. The van der Waals surface area contributed by atoms with E-state index >= 15 is 0 Å². The molecule has 0 bridgehead atoms. The Labute approximate surface area is 166 Å². The van der Waals surface area contributed by atoms with Crippen LogP contribution in [0.3, 0.4) is 0 Å². The van der Waals surface area contributed by atoms with Crippen LogP contribution in [0.5, 0.6) is 0 Å². The number of rotatable bonds is 19. The van der Waals surface area contributed by atoms with Crippen molar-refractivity contribution in [3.8, 4) is 0 Å². The number of carbonyl (C=O) groups excluding carboxylic acids is 1. The molecule has 0 aliphatic heterocycles. The zero-order valence-electron chi connectivity index (χ0n) is 17.7. The highest BCUT2D eigenvalue weighted by Crippen LogP contribution is 2.14. The number of carboxylic acids is 1. The Kier molecular flexibility index (Phi) is 18.5. The van der Waals surface area contributed by atoms with Crippen molar-refractivity contribution in [3.63, 3.8) is 0 Å². The Morgan fingerprint density at radius 1 is 0.741 bits per heavy atom.